The number of nitrogens with zero attached hydrogens (tertiary/aromatic N) is 2. The van der Waals surface area contributed by atoms with Gasteiger partial charge in [-0.15, -0.1) is 11.8 Å². The second kappa shape index (κ2) is 8.10. The molecule has 2 aliphatic heterocycles. The van der Waals surface area contributed by atoms with Gasteiger partial charge in [-0.05, 0) is 37.1 Å². The average Bonchev–Trinajstić information content (AvgIpc) is 3.05. The van der Waals surface area contributed by atoms with Crippen LogP contribution in [0, 0.1) is 6.92 Å². The van der Waals surface area contributed by atoms with E-state index in [4.69, 9.17) is 4.74 Å². The molecule has 25 heavy (non-hydrogen) atoms. The third-order valence-corrected chi connectivity index (χ3v) is 5.69. The molecule has 0 spiro atoms. The highest BCUT2D eigenvalue weighted by atomic mass is 32.2. The molecule has 0 radical (unpaired) electrons. The standard InChI is InChI=1S/C18H25N3O3S/c1-13-10-14(4-5-16(13)24-2)17(22)20-6-3-7-21(9-8-20)18(23)15-11-25-12-19-15/h4-5,10,15,19H,3,6-9,11-12H2,1-2H3. The van der Waals surface area contributed by atoms with Gasteiger partial charge in [0, 0.05) is 43.4 Å². The van der Waals surface area contributed by atoms with Crippen molar-refractivity contribution in [3.63, 3.8) is 0 Å². The van der Waals surface area contributed by atoms with Crippen LogP contribution >= 0.6 is 11.8 Å². The first-order valence-electron chi connectivity index (χ1n) is 8.64. The van der Waals surface area contributed by atoms with E-state index < -0.39 is 0 Å². The smallest absolute Gasteiger partial charge is 0.253 e. The average molecular weight is 363 g/mol. The Balaban J connectivity index is 1.63. The predicted octanol–water partition coefficient (Wildman–Crippen LogP) is 1.34. The molecule has 7 heteroatoms. The van der Waals surface area contributed by atoms with Gasteiger partial charge >= 0.3 is 0 Å². The van der Waals surface area contributed by atoms with Crippen molar-refractivity contribution in [2.45, 2.75) is 19.4 Å². The molecule has 1 aromatic carbocycles. The van der Waals surface area contributed by atoms with Crippen molar-refractivity contribution >= 4 is 23.6 Å². The van der Waals surface area contributed by atoms with Crippen molar-refractivity contribution in [3.05, 3.63) is 29.3 Å². The highest BCUT2D eigenvalue weighted by Gasteiger charge is 2.29. The summed E-state index contributed by atoms with van der Waals surface area (Å²) >= 11 is 1.75. The minimum absolute atomic E-state index is 0.0228. The number of amides is 2. The van der Waals surface area contributed by atoms with Gasteiger partial charge in [0.1, 0.15) is 5.75 Å². The Labute approximate surface area is 152 Å². The number of nitrogens with one attached hydrogen (secondary N) is 1. The maximum absolute atomic E-state index is 12.8. The Morgan fingerprint density at radius 2 is 1.96 bits per heavy atom. The summed E-state index contributed by atoms with van der Waals surface area (Å²) in [5.41, 5.74) is 1.62. The monoisotopic (exact) mass is 363 g/mol. The fraction of sp³-hybridized carbons (Fsp3) is 0.556. The summed E-state index contributed by atoms with van der Waals surface area (Å²) in [7, 11) is 1.63. The molecule has 2 amide bonds. The Morgan fingerprint density at radius 1 is 1.20 bits per heavy atom. The van der Waals surface area contributed by atoms with Crippen LogP contribution < -0.4 is 10.1 Å². The van der Waals surface area contributed by atoms with E-state index in [0.717, 1.165) is 29.4 Å². The first kappa shape index (κ1) is 18.1. The number of benzene rings is 1. The van der Waals surface area contributed by atoms with Crippen molar-refractivity contribution in [2.75, 3.05) is 44.9 Å². The largest absolute Gasteiger partial charge is 0.496 e. The number of carbonyl (C=O) groups is 2. The van der Waals surface area contributed by atoms with Crippen molar-refractivity contribution in [1.29, 1.82) is 0 Å². The van der Waals surface area contributed by atoms with Crippen molar-refractivity contribution < 1.29 is 14.3 Å². The van der Waals surface area contributed by atoms with E-state index in [-0.39, 0.29) is 17.9 Å². The molecule has 3 rings (SSSR count). The number of thioether (sulfide) groups is 1. The molecule has 0 saturated carbocycles. The molecule has 2 aliphatic rings. The molecule has 1 aromatic rings. The first-order chi connectivity index (χ1) is 12.1. The van der Waals surface area contributed by atoms with Crippen LogP contribution in [0.1, 0.15) is 22.3 Å². The predicted molar refractivity (Wildman–Crippen MR) is 99.1 cm³/mol. The van der Waals surface area contributed by atoms with Gasteiger partial charge in [-0.3, -0.25) is 14.9 Å². The molecule has 0 aliphatic carbocycles. The van der Waals surface area contributed by atoms with Gasteiger partial charge in [-0.2, -0.15) is 0 Å². The molecular formula is C18H25N3O3S. The van der Waals surface area contributed by atoms with Gasteiger partial charge in [0.15, 0.2) is 0 Å². The van der Waals surface area contributed by atoms with Crippen LogP contribution in [0.3, 0.4) is 0 Å². The van der Waals surface area contributed by atoms with Crippen molar-refractivity contribution in [3.8, 4) is 5.75 Å². The van der Waals surface area contributed by atoms with Crippen LogP contribution in [0.2, 0.25) is 0 Å². The summed E-state index contributed by atoms with van der Waals surface area (Å²) < 4.78 is 5.26. The molecule has 136 valence electrons. The van der Waals surface area contributed by atoms with E-state index in [0.29, 0.717) is 31.7 Å². The number of ether oxygens (including phenoxy) is 1. The summed E-state index contributed by atoms with van der Waals surface area (Å²) in [6.45, 7) is 4.51. The molecule has 1 unspecified atom stereocenters. The molecule has 0 bridgehead atoms. The first-order valence-corrected chi connectivity index (χ1v) is 9.79. The number of hydrogen-bond acceptors (Lipinski definition) is 5. The molecule has 0 aromatic heterocycles. The minimum atomic E-state index is -0.0727. The highest BCUT2D eigenvalue weighted by Crippen LogP contribution is 2.20. The molecule has 2 fully saturated rings. The lowest BCUT2D eigenvalue weighted by molar-refractivity contribution is -0.132. The maximum Gasteiger partial charge on any atom is 0.253 e. The SMILES string of the molecule is COc1ccc(C(=O)N2CCCN(C(=O)C3CSCN3)CC2)cc1C. The lowest BCUT2D eigenvalue weighted by atomic mass is 10.1. The van der Waals surface area contributed by atoms with Crippen LogP contribution in [-0.2, 0) is 4.79 Å². The molecule has 2 saturated heterocycles. The number of aryl methyl sites for hydroxylation is 1. The minimum Gasteiger partial charge on any atom is -0.496 e. The van der Waals surface area contributed by atoms with Gasteiger partial charge < -0.3 is 14.5 Å². The second-order valence-electron chi connectivity index (χ2n) is 6.43. The van der Waals surface area contributed by atoms with Crippen LogP contribution in [-0.4, -0.2) is 72.6 Å². The van der Waals surface area contributed by atoms with Crippen LogP contribution in [0.15, 0.2) is 18.2 Å². The van der Waals surface area contributed by atoms with E-state index in [2.05, 4.69) is 5.32 Å². The van der Waals surface area contributed by atoms with Gasteiger partial charge in [0.2, 0.25) is 5.91 Å². The Morgan fingerprint density at radius 3 is 2.64 bits per heavy atom. The lowest BCUT2D eigenvalue weighted by Crippen LogP contribution is -2.46. The lowest BCUT2D eigenvalue weighted by Gasteiger charge is -2.24. The summed E-state index contributed by atoms with van der Waals surface area (Å²) in [6.07, 6.45) is 0.812. The number of methoxy groups -OCH3 is 1. The highest BCUT2D eigenvalue weighted by molar-refractivity contribution is 7.99. The van der Waals surface area contributed by atoms with E-state index in [9.17, 15) is 9.59 Å². The van der Waals surface area contributed by atoms with Crippen molar-refractivity contribution in [1.82, 2.24) is 15.1 Å². The van der Waals surface area contributed by atoms with Crippen LogP contribution in [0.4, 0.5) is 0 Å². The summed E-state index contributed by atoms with van der Waals surface area (Å²) in [5.74, 6) is 2.65. The van der Waals surface area contributed by atoms with Gasteiger partial charge in [0.25, 0.3) is 5.91 Å². The summed E-state index contributed by atoms with van der Waals surface area (Å²) in [5, 5.41) is 3.23. The third-order valence-electron chi connectivity index (χ3n) is 4.75. The topological polar surface area (TPSA) is 61.9 Å². The Bertz CT molecular complexity index is 646. The van der Waals surface area contributed by atoms with E-state index in [1.807, 2.05) is 34.9 Å². The number of rotatable bonds is 3. The molecule has 1 N–H and O–H groups in total. The Hall–Kier alpha value is -1.73. The van der Waals surface area contributed by atoms with Crippen LogP contribution in [0.5, 0.6) is 5.75 Å². The van der Waals surface area contributed by atoms with Crippen LogP contribution in [0.25, 0.3) is 0 Å². The zero-order valence-corrected chi connectivity index (χ0v) is 15.6. The quantitative estimate of drug-likeness (QED) is 0.878. The van der Waals surface area contributed by atoms with E-state index in [1.165, 1.54) is 0 Å². The van der Waals surface area contributed by atoms with E-state index in [1.54, 1.807) is 18.9 Å². The fourth-order valence-corrected chi connectivity index (χ4v) is 4.24. The fourth-order valence-electron chi connectivity index (χ4n) is 3.31. The maximum atomic E-state index is 12.8. The normalized spacial score (nSPS) is 21.1. The summed E-state index contributed by atoms with van der Waals surface area (Å²) in [4.78, 5) is 29.1. The van der Waals surface area contributed by atoms with Gasteiger partial charge in [-0.25, -0.2) is 0 Å². The zero-order chi connectivity index (χ0) is 17.8. The molecule has 2 heterocycles. The van der Waals surface area contributed by atoms with Gasteiger partial charge in [-0.1, -0.05) is 0 Å². The molecule has 1 atom stereocenters. The summed E-state index contributed by atoms with van der Waals surface area (Å²) in [6, 6.07) is 5.44. The zero-order valence-electron chi connectivity index (χ0n) is 14.8. The second-order valence-corrected chi connectivity index (χ2v) is 7.46. The number of carbonyl (C=O) groups excluding carboxylic acids is 2. The van der Waals surface area contributed by atoms with Gasteiger partial charge in [0.05, 0.1) is 13.2 Å². The Kier molecular flexibility index (Phi) is 5.86. The number of hydrogen-bond donors (Lipinski definition) is 1. The molecular weight excluding hydrogens is 338 g/mol. The third kappa shape index (κ3) is 4.10. The van der Waals surface area contributed by atoms with Crippen molar-refractivity contribution in [2.24, 2.45) is 0 Å². The molecule has 6 nitrogen and oxygen atoms in total. The van der Waals surface area contributed by atoms with E-state index >= 15 is 0 Å².